The Labute approximate surface area is 170 Å². The normalized spacial score (nSPS) is 20.4. The SMILES string of the molecule is COc1ccc(Br)c(CC2CCN(CC3COc4ccccc4N3)CC2)c1. The van der Waals surface area contributed by atoms with Crippen molar-refractivity contribution in [3.8, 4) is 11.5 Å². The van der Waals surface area contributed by atoms with E-state index in [-0.39, 0.29) is 0 Å². The predicted molar refractivity (Wildman–Crippen MR) is 113 cm³/mol. The number of halogens is 1. The van der Waals surface area contributed by atoms with Crippen molar-refractivity contribution >= 4 is 21.6 Å². The fraction of sp³-hybridized carbons (Fsp3) is 0.455. The number of nitrogens with zero attached hydrogens (tertiary/aromatic N) is 1. The number of hydrogen-bond donors (Lipinski definition) is 1. The summed E-state index contributed by atoms with van der Waals surface area (Å²) in [6, 6.07) is 14.8. The molecule has 1 N–H and O–H groups in total. The molecule has 1 unspecified atom stereocenters. The molecule has 144 valence electrons. The van der Waals surface area contributed by atoms with Crippen LogP contribution in [0.4, 0.5) is 5.69 Å². The van der Waals surface area contributed by atoms with Crippen molar-refractivity contribution in [1.82, 2.24) is 4.90 Å². The molecule has 2 aromatic rings. The van der Waals surface area contributed by atoms with Crippen LogP contribution in [0.25, 0.3) is 0 Å². The summed E-state index contributed by atoms with van der Waals surface area (Å²) in [6.07, 6.45) is 3.60. The maximum absolute atomic E-state index is 5.91. The van der Waals surface area contributed by atoms with Crippen LogP contribution < -0.4 is 14.8 Å². The number of nitrogens with one attached hydrogen (secondary N) is 1. The number of hydrogen-bond acceptors (Lipinski definition) is 4. The second-order valence-electron chi connectivity index (χ2n) is 7.55. The second kappa shape index (κ2) is 8.53. The van der Waals surface area contributed by atoms with Gasteiger partial charge < -0.3 is 19.7 Å². The van der Waals surface area contributed by atoms with Crippen molar-refractivity contribution < 1.29 is 9.47 Å². The molecule has 0 saturated carbocycles. The van der Waals surface area contributed by atoms with Crippen molar-refractivity contribution in [3.05, 3.63) is 52.5 Å². The van der Waals surface area contributed by atoms with Gasteiger partial charge in [0.1, 0.15) is 18.1 Å². The van der Waals surface area contributed by atoms with Crippen LogP contribution in [0.2, 0.25) is 0 Å². The number of benzene rings is 2. The van der Waals surface area contributed by atoms with E-state index < -0.39 is 0 Å². The minimum Gasteiger partial charge on any atom is -0.497 e. The third-order valence-corrected chi connectivity index (χ3v) is 6.41. The van der Waals surface area contributed by atoms with E-state index in [1.54, 1.807) is 7.11 Å². The van der Waals surface area contributed by atoms with Gasteiger partial charge in [-0.1, -0.05) is 28.1 Å². The zero-order valence-electron chi connectivity index (χ0n) is 15.8. The summed E-state index contributed by atoms with van der Waals surface area (Å²) in [5.74, 6) is 2.64. The molecule has 1 saturated heterocycles. The predicted octanol–water partition coefficient (Wildman–Crippen LogP) is 4.59. The average molecular weight is 431 g/mol. The zero-order valence-corrected chi connectivity index (χ0v) is 17.4. The highest BCUT2D eigenvalue weighted by Gasteiger charge is 2.25. The van der Waals surface area contributed by atoms with Gasteiger partial charge in [-0.2, -0.15) is 0 Å². The van der Waals surface area contributed by atoms with Crippen molar-refractivity contribution in [1.29, 1.82) is 0 Å². The van der Waals surface area contributed by atoms with Crippen LogP contribution in [0, 0.1) is 5.92 Å². The van der Waals surface area contributed by atoms with E-state index >= 15 is 0 Å². The molecule has 0 amide bonds. The van der Waals surface area contributed by atoms with Gasteiger partial charge in [-0.15, -0.1) is 0 Å². The largest absolute Gasteiger partial charge is 0.497 e. The lowest BCUT2D eigenvalue weighted by Crippen LogP contribution is -2.45. The van der Waals surface area contributed by atoms with E-state index in [0.717, 1.165) is 55.8 Å². The van der Waals surface area contributed by atoms with E-state index in [0.29, 0.717) is 6.04 Å². The first-order valence-corrected chi connectivity index (χ1v) is 10.5. The Morgan fingerprint density at radius 2 is 2.00 bits per heavy atom. The van der Waals surface area contributed by atoms with Crippen LogP contribution in [0.15, 0.2) is 46.9 Å². The van der Waals surface area contributed by atoms with Gasteiger partial charge >= 0.3 is 0 Å². The lowest BCUT2D eigenvalue weighted by molar-refractivity contribution is 0.160. The number of rotatable bonds is 5. The number of anilines is 1. The molecule has 0 bridgehead atoms. The van der Waals surface area contributed by atoms with Gasteiger partial charge in [-0.25, -0.2) is 0 Å². The summed E-state index contributed by atoms with van der Waals surface area (Å²) < 4.78 is 12.5. The maximum Gasteiger partial charge on any atom is 0.142 e. The van der Waals surface area contributed by atoms with Gasteiger partial charge in [0.05, 0.1) is 18.8 Å². The van der Waals surface area contributed by atoms with Crippen LogP contribution in [0.3, 0.4) is 0 Å². The molecule has 2 aromatic carbocycles. The highest BCUT2D eigenvalue weighted by atomic mass is 79.9. The topological polar surface area (TPSA) is 33.7 Å². The zero-order chi connectivity index (χ0) is 18.6. The van der Waals surface area contributed by atoms with Crippen molar-refractivity contribution in [2.45, 2.75) is 25.3 Å². The van der Waals surface area contributed by atoms with Crippen molar-refractivity contribution in [3.63, 3.8) is 0 Å². The van der Waals surface area contributed by atoms with Crippen LogP contribution >= 0.6 is 15.9 Å². The smallest absolute Gasteiger partial charge is 0.142 e. The Morgan fingerprint density at radius 1 is 1.19 bits per heavy atom. The van der Waals surface area contributed by atoms with Crippen LogP contribution in [-0.2, 0) is 6.42 Å². The molecule has 0 spiro atoms. The van der Waals surface area contributed by atoms with Crippen molar-refractivity contribution in [2.75, 3.05) is 38.7 Å². The molecule has 0 radical (unpaired) electrons. The molecular formula is C22H27BrN2O2. The molecule has 1 atom stereocenters. The molecule has 1 fully saturated rings. The van der Waals surface area contributed by atoms with E-state index in [1.807, 2.05) is 18.2 Å². The highest BCUT2D eigenvalue weighted by molar-refractivity contribution is 9.10. The van der Waals surface area contributed by atoms with Gasteiger partial charge in [0.25, 0.3) is 0 Å². The minimum absolute atomic E-state index is 0.365. The maximum atomic E-state index is 5.91. The number of likely N-dealkylation sites (tertiary alicyclic amines) is 1. The molecule has 2 aliphatic rings. The Hall–Kier alpha value is -1.72. The summed E-state index contributed by atoms with van der Waals surface area (Å²) >= 11 is 3.69. The molecule has 0 aliphatic carbocycles. The highest BCUT2D eigenvalue weighted by Crippen LogP contribution is 2.30. The summed E-state index contributed by atoms with van der Waals surface area (Å²) in [4.78, 5) is 2.58. The molecule has 27 heavy (non-hydrogen) atoms. The minimum atomic E-state index is 0.365. The van der Waals surface area contributed by atoms with E-state index in [4.69, 9.17) is 9.47 Å². The summed E-state index contributed by atoms with van der Waals surface area (Å²) in [5, 5.41) is 3.63. The summed E-state index contributed by atoms with van der Waals surface area (Å²) in [6.45, 7) is 4.11. The Bertz CT molecular complexity index is 775. The molecule has 2 heterocycles. The van der Waals surface area contributed by atoms with Crippen LogP contribution in [-0.4, -0.2) is 44.3 Å². The standard InChI is InChI=1S/C22H27BrN2O2/c1-26-19-6-7-20(23)17(13-19)12-16-8-10-25(11-9-16)14-18-15-27-22-5-3-2-4-21(22)24-18/h2-7,13,16,18,24H,8-12,14-15H2,1H3. The van der Waals surface area contributed by atoms with E-state index in [2.05, 4.69) is 50.4 Å². The molecule has 2 aliphatic heterocycles. The van der Waals surface area contributed by atoms with E-state index in [1.165, 1.54) is 22.9 Å². The number of methoxy groups -OCH3 is 1. The van der Waals surface area contributed by atoms with Gasteiger partial charge in [0.2, 0.25) is 0 Å². The number of ether oxygens (including phenoxy) is 2. The lowest BCUT2D eigenvalue weighted by atomic mass is 9.90. The molecule has 0 aromatic heterocycles. The first-order chi connectivity index (χ1) is 13.2. The molecule has 5 heteroatoms. The average Bonchev–Trinajstić information content (AvgIpc) is 2.71. The summed E-state index contributed by atoms with van der Waals surface area (Å²) in [7, 11) is 1.73. The first-order valence-electron chi connectivity index (χ1n) is 9.74. The number of piperidine rings is 1. The van der Waals surface area contributed by atoms with Gasteiger partial charge in [-0.05, 0) is 74.2 Å². The van der Waals surface area contributed by atoms with Crippen LogP contribution in [0.1, 0.15) is 18.4 Å². The number of fused-ring (bicyclic) bond motifs is 1. The fourth-order valence-electron chi connectivity index (χ4n) is 4.09. The van der Waals surface area contributed by atoms with Gasteiger partial charge in [0.15, 0.2) is 0 Å². The Balaban J connectivity index is 1.27. The van der Waals surface area contributed by atoms with Gasteiger partial charge in [0, 0.05) is 11.0 Å². The number of para-hydroxylation sites is 2. The first kappa shape index (κ1) is 18.6. The monoisotopic (exact) mass is 430 g/mol. The third kappa shape index (κ3) is 4.58. The fourth-order valence-corrected chi connectivity index (χ4v) is 4.50. The van der Waals surface area contributed by atoms with Crippen molar-refractivity contribution in [2.24, 2.45) is 5.92 Å². The Kier molecular flexibility index (Phi) is 5.89. The van der Waals surface area contributed by atoms with Gasteiger partial charge in [-0.3, -0.25) is 0 Å². The Morgan fingerprint density at radius 3 is 2.81 bits per heavy atom. The molecule has 4 rings (SSSR count). The molecular weight excluding hydrogens is 404 g/mol. The third-order valence-electron chi connectivity index (χ3n) is 5.63. The lowest BCUT2D eigenvalue weighted by Gasteiger charge is -2.36. The van der Waals surface area contributed by atoms with Crippen LogP contribution in [0.5, 0.6) is 11.5 Å². The summed E-state index contributed by atoms with van der Waals surface area (Å²) in [5.41, 5.74) is 2.47. The second-order valence-corrected chi connectivity index (χ2v) is 8.41. The van der Waals surface area contributed by atoms with E-state index in [9.17, 15) is 0 Å². The molecule has 4 nitrogen and oxygen atoms in total. The quantitative estimate of drug-likeness (QED) is 0.751.